The molecule has 0 bridgehead atoms. The van der Waals surface area contributed by atoms with Gasteiger partial charge in [-0.05, 0) is 68.0 Å². The predicted molar refractivity (Wildman–Crippen MR) is 127 cm³/mol. The predicted octanol–water partition coefficient (Wildman–Crippen LogP) is 2.97. The van der Waals surface area contributed by atoms with Crippen LogP contribution in [0.15, 0.2) is 47.4 Å². The second kappa shape index (κ2) is 8.25. The summed E-state index contributed by atoms with van der Waals surface area (Å²) in [4.78, 5) is 29.1. The molecule has 1 saturated heterocycles. The smallest absolute Gasteiger partial charge is 0.243 e. The van der Waals surface area contributed by atoms with Crippen molar-refractivity contribution in [1.82, 2.24) is 4.31 Å². The lowest BCUT2D eigenvalue weighted by Crippen LogP contribution is -2.46. The largest absolute Gasteiger partial charge is 0.312 e. The Morgan fingerprint density at radius 2 is 1.79 bits per heavy atom. The van der Waals surface area contributed by atoms with Crippen molar-refractivity contribution >= 4 is 33.2 Å². The molecule has 2 atom stereocenters. The molecular weight excluding hydrogens is 438 g/mol. The molecule has 2 unspecified atom stereocenters. The van der Waals surface area contributed by atoms with Gasteiger partial charge in [0, 0.05) is 44.0 Å². The molecule has 2 aromatic carbocycles. The number of anilines is 2. The number of benzene rings is 2. The van der Waals surface area contributed by atoms with Crippen LogP contribution in [0.4, 0.5) is 11.4 Å². The van der Waals surface area contributed by atoms with E-state index in [4.69, 9.17) is 0 Å². The molecule has 5 rings (SSSR count). The molecular formula is C25H29N3O4S. The van der Waals surface area contributed by atoms with Crippen molar-refractivity contribution in [3.63, 3.8) is 0 Å². The fraction of sp³-hybridized carbons (Fsp3) is 0.440. The van der Waals surface area contributed by atoms with Gasteiger partial charge in [0.2, 0.25) is 21.8 Å². The minimum absolute atomic E-state index is 0.00998. The van der Waals surface area contributed by atoms with E-state index in [1.54, 1.807) is 23.1 Å². The lowest BCUT2D eigenvalue weighted by molar-refractivity contribution is -0.123. The molecule has 0 aromatic heterocycles. The van der Waals surface area contributed by atoms with Crippen molar-refractivity contribution in [3.05, 3.63) is 53.6 Å². The molecule has 0 spiro atoms. The van der Waals surface area contributed by atoms with Gasteiger partial charge in [0.05, 0.1) is 10.8 Å². The van der Waals surface area contributed by atoms with E-state index < -0.39 is 10.0 Å². The Morgan fingerprint density at radius 1 is 1.00 bits per heavy atom. The van der Waals surface area contributed by atoms with Crippen LogP contribution in [0.25, 0.3) is 0 Å². The summed E-state index contributed by atoms with van der Waals surface area (Å²) in [6, 6.07) is 13.0. The van der Waals surface area contributed by atoms with Crippen molar-refractivity contribution in [1.29, 1.82) is 0 Å². The van der Waals surface area contributed by atoms with Crippen molar-refractivity contribution in [2.24, 2.45) is 5.92 Å². The first-order valence-electron chi connectivity index (χ1n) is 11.6. The van der Waals surface area contributed by atoms with E-state index in [0.717, 1.165) is 28.9 Å². The SMILES string of the molecule is CC(=O)N1c2ccc(S(=O)(=O)N3CCCC(C(=O)N4CCc5ccccc54)C3)cc2CC1C. The third kappa shape index (κ3) is 3.75. The van der Waals surface area contributed by atoms with Gasteiger partial charge in [-0.25, -0.2) is 8.42 Å². The number of nitrogens with zero attached hydrogens (tertiary/aromatic N) is 3. The summed E-state index contributed by atoms with van der Waals surface area (Å²) >= 11 is 0. The highest BCUT2D eigenvalue weighted by molar-refractivity contribution is 7.89. The van der Waals surface area contributed by atoms with Gasteiger partial charge in [0.25, 0.3) is 0 Å². The highest BCUT2D eigenvalue weighted by Gasteiger charge is 2.38. The Kier molecular flexibility index (Phi) is 5.53. The number of para-hydroxylation sites is 1. The van der Waals surface area contributed by atoms with Crippen LogP contribution in [-0.4, -0.2) is 50.2 Å². The summed E-state index contributed by atoms with van der Waals surface area (Å²) in [6.45, 7) is 4.76. The van der Waals surface area contributed by atoms with Gasteiger partial charge in [-0.1, -0.05) is 18.2 Å². The maximum atomic E-state index is 13.5. The van der Waals surface area contributed by atoms with E-state index in [-0.39, 0.29) is 35.2 Å². The van der Waals surface area contributed by atoms with E-state index in [0.29, 0.717) is 32.4 Å². The molecule has 1 fully saturated rings. The molecule has 0 radical (unpaired) electrons. The van der Waals surface area contributed by atoms with Crippen LogP contribution in [0.2, 0.25) is 0 Å². The Labute approximate surface area is 195 Å². The zero-order chi connectivity index (χ0) is 23.3. The average Bonchev–Trinajstić information content (AvgIpc) is 3.38. The van der Waals surface area contributed by atoms with E-state index in [9.17, 15) is 18.0 Å². The molecule has 174 valence electrons. The summed E-state index contributed by atoms with van der Waals surface area (Å²) in [7, 11) is -3.73. The fourth-order valence-corrected chi connectivity index (χ4v) is 7.12. The van der Waals surface area contributed by atoms with Crippen LogP contribution in [0.1, 0.15) is 37.8 Å². The summed E-state index contributed by atoms with van der Waals surface area (Å²) in [5.41, 5.74) is 3.77. The lowest BCUT2D eigenvalue weighted by atomic mass is 9.98. The summed E-state index contributed by atoms with van der Waals surface area (Å²) in [5, 5.41) is 0. The topological polar surface area (TPSA) is 78.0 Å². The van der Waals surface area contributed by atoms with Crippen molar-refractivity contribution in [2.45, 2.75) is 50.5 Å². The number of carbonyl (C=O) groups excluding carboxylic acids is 2. The Morgan fingerprint density at radius 3 is 2.58 bits per heavy atom. The van der Waals surface area contributed by atoms with Gasteiger partial charge in [-0.2, -0.15) is 4.31 Å². The first-order chi connectivity index (χ1) is 15.8. The minimum Gasteiger partial charge on any atom is -0.312 e. The second-order valence-corrected chi connectivity index (χ2v) is 11.2. The Bertz CT molecular complexity index is 1230. The van der Waals surface area contributed by atoms with E-state index in [1.807, 2.05) is 36.1 Å². The van der Waals surface area contributed by atoms with Crippen molar-refractivity contribution in [2.75, 3.05) is 29.4 Å². The van der Waals surface area contributed by atoms with Crippen molar-refractivity contribution in [3.8, 4) is 0 Å². The minimum atomic E-state index is -3.73. The van der Waals surface area contributed by atoms with Gasteiger partial charge >= 0.3 is 0 Å². The number of fused-ring (bicyclic) bond motifs is 2. The fourth-order valence-electron chi connectivity index (χ4n) is 5.55. The van der Waals surface area contributed by atoms with Gasteiger partial charge in [-0.3, -0.25) is 9.59 Å². The van der Waals surface area contributed by atoms with Crippen LogP contribution < -0.4 is 9.80 Å². The quantitative estimate of drug-likeness (QED) is 0.695. The third-order valence-corrected chi connectivity index (χ3v) is 8.99. The molecule has 3 aliphatic heterocycles. The number of piperidine rings is 1. The van der Waals surface area contributed by atoms with Crippen LogP contribution in [0.3, 0.4) is 0 Å². The first kappa shape index (κ1) is 22.1. The summed E-state index contributed by atoms with van der Waals surface area (Å²) in [5.74, 6) is -0.375. The molecule has 8 heteroatoms. The summed E-state index contributed by atoms with van der Waals surface area (Å²) in [6.07, 6.45) is 2.82. The normalized spacial score (nSPS) is 22.8. The van der Waals surface area contributed by atoms with Gasteiger partial charge in [-0.15, -0.1) is 0 Å². The number of amides is 2. The molecule has 2 aromatic rings. The third-order valence-electron chi connectivity index (χ3n) is 7.13. The Hall–Kier alpha value is -2.71. The van der Waals surface area contributed by atoms with E-state index >= 15 is 0 Å². The van der Waals surface area contributed by atoms with E-state index in [1.165, 1.54) is 11.2 Å². The maximum absolute atomic E-state index is 13.5. The highest BCUT2D eigenvalue weighted by atomic mass is 32.2. The van der Waals surface area contributed by atoms with Gasteiger partial charge < -0.3 is 9.80 Å². The molecule has 0 saturated carbocycles. The zero-order valence-corrected chi connectivity index (χ0v) is 19.8. The van der Waals surface area contributed by atoms with Crippen LogP contribution in [0.5, 0.6) is 0 Å². The van der Waals surface area contributed by atoms with Gasteiger partial charge in [0.1, 0.15) is 0 Å². The molecule has 0 N–H and O–H groups in total. The van der Waals surface area contributed by atoms with E-state index in [2.05, 4.69) is 0 Å². The Balaban J connectivity index is 1.36. The lowest BCUT2D eigenvalue weighted by Gasteiger charge is -2.33. The first-order valence-corrected chi connectivity index (χ1v) is 13.0. The number of sulfonamides is 1. The molecule has 33 heavy (non-hydrogen) atoms. The zero-order valence-electron chi connectivity index (χ0n) is 19.0. The number of carbonyl (C=O) groups is 2. The molecule has 2 amide bonds. The molecule has 3 aliphatic rings. The highest BCUT2D eigenvalue weighted by Crippen LogP contribution is 2.36. The van der Waals surface area contributed by atoms with Crippen LogP contribution in [-0.2, 0) is 32.5 Å². The van der Waals surface area contributed by atoms with Gasteiger partial charge in [0.15, 0.2) is 0 Å². The molecule has 3 heterocycles. The summed E-state index contributed by atoms with van der Waals surface area (Å²) < 4.78 is 28.4. The molecule has 7 nitrogen and oxygen atoms in total. The van der Waals surface area contributed by atoms with Crippen molar-refractivity contribution < 1.29 is 18.0 Å². The number of rotatable bonds is 3. The number of hydrogen-bond acceptors (Lipinski definition) is 4. The van der Waals surface area contributed by atoms with Crippen LogP contribution >= 0.6 is 0 Å². The molecule has 0 aliphatic carbocycles. The average molecular weight is 468 g/mol. The monoisotopic (exact) mass is 467 g/mol. The maximum Gasteiger partial charge on any atom is 0.243 e. The van der Waals surface area contributed by atoms with Crippen LogP contribution in [0, 0.1) is 5.92 Å². The number of hydrogen-bond donors (Lipinski definition) is 0. The second-order valence-electron chi connectivity index (χ2n) is 9.30. The standard InChI is InChI=1S/C25H29N3O4S/c1-17-14-21-15-22(9-10-24(21)28(17)18(2)29)33(31,32)26-12-5-7-20(16-26)25(30)27-13-11-19-6-3-4-8-23(19)27/h3-4,6,8-10,15,17,20H,5,7,11-14,16H2,1-2H3.